The molecule has 1 fully saturated rings. The van der Waals surface area contributed by atoms with Gasteiger partial charge in [0.2, 0.25) is 0 Å². The van der Waals surface area contributed by atoms with Crippen LogP contribution >= 0.6 is 0 Å². The smallest absolute Gasteiger partial charge is 0.161 e. The SMILES string of the molecule is CCCC1=C[C@@]2(OC)C(=C/C1=N/OC)O[C@H](c1ccc(OC)c(OC)c1)[C@@H]2C. The van der Waals surface area contributed by atoms with Gasteiger partial charge in [0.15, 0.2) is 11.5 Å². The predicted molar refractivity (Wildman–Crippen MR) is 108 cm³/mol. The number of allylic oxidation sites excluding steroid dienone is 2. The zero-order valence-electron chi connectivity index (χ0n) is 17.4. The second-order valence-corrected chi connectivity index (χ2v) is 7.03. The number of ether oxygens (including phenoxy) is 4. The minimum Gasteiger partial charge on any atom is -0.493 e. The molecule has 0 N–H and O–H groups in total. The number of fused-ring (bicyclic) bond motifs is 1. The van der Waals surface area contributed by atoms with Gasteiger partial charge in [0.05, 0.1) is 14.2 Å². The minimum absolute atomic E-state index is 0.0535. The summed E-state index contributed by atoms with van der Waals surface area (Å²) in [6.45, 7) is 4.29. The van der Waals surface area contributed by atoms with Crippen LogP contribution in [0.4, 0.5) is 0 Å². The highest BCUT2D eigenvalue weighted by molar-refractivity contribution is 6.09. The van der Waals surface area contributed by atoms with E-state index in [-0.39, 0.29) is 12.0 Å². The van der Waals surface area contributed by atoms with Crippen LogP contribution in [0.25, 0.3) is 0 Å². The molecule has 1 aromatic carbocycles. The van der Waals surface area contributed by atoms with Gasteiger partial charge in [-0.3, -0.25) is 0 Å². The zero-order chi connectivity index (χ0) is 20.3. The van der Waals surface area contributed by atoms with Crippen LogP contribution in [0.2, 0.25) is 0 Å². The number of oxime groups is 1. The molecule has 1 heterocycles. The molecule has 2 aliphatic rings. The number of hydrogen-bond donors (Lipinski definition) is 0. The lowest BCUT2D eigenvalue weighted by Crippen LogP contribution is -2.38. The van der Waals surface area contributed by atoms with E-state index in [9.17, 15) is 0 Å². The molecule has 152 valence electrons. The van der Waals surface area contributed by atoms with Gasteiger partial charge in [-0.15, -0.1) is 0 Å². The third-order valence-electron chi connectivity index (χ3n) is 5.54. The summed E-state index contributed by atoms with van der Waals surface area (Å²) in [5.74, 6) is 2.17. The molecule has 0 amide bonds. The summed E-state index contributed by atoms with van der Waals surface area (Å²) in [5, 5.41) is 4.18. The molecule has 1 aliphatic carbocycles. The van der Waals surface area contributed by atoms with E-state index < -0.39 is 5.60 Å². The first-order chi connectivity index (χ1) is 13.5. The molecule has 3 rings (SSSR count). The maximum atomic E-state index is 6.39. The maximum absolute atomic E-state index is 6.39. The van der Waals surface area contributed by atoms with Gasteiger partial charge >= 0.3 is 0 Å². The average Bonchev–Trinajstić information content (AvgIpc) is 3.00. The maximum Gasteiger partial charge on any atom is 0.161 e. The van der Waals surface area contributed by atoms with Crippen molar-refractivity contribution in [1.82, 2.24) is 0 Å². The van der Waals surface area contributed by atoms with Crippen LogP contribution in [0.1, 0.15) is 38.4 Å². The van der Waals surface area contributed by atoms with Crippen molar-refractivity contribution in [2.24, 2.45) is 11.1 Å². The van der Waals surface area contributed by atoms with Crippen LogP contribution < -0.4 is 9.47 Å². The van der Waals surface area contributed by atoms with Crippen molar-refractivity contribution < 1.29 is 23.8 Å². The van der Waals surface area contributed by atoms with Crippen molar-refractivity contribution in [1.29, 1.82) is 0 Å². The topological polar surface area (TPSA) is 58.5 Å². The van der Waals surface area contributed by atoms with Gasteiger partial charge in [0.25, 0.3) is 0 Å². The Morgan fingerprint density at radius 3 is 2.46 bits per heavy atom. The van der Waals surface area contributed by atoms with Crippen LogP contribution in [-0.4, -0.2) is 39.8 Å². The van der Waals surface area contributed by atoms with Gasteiger partial charge in [-0.1, -0.05) is 31.5 Å². The predicted octanol–water partition coefficient (Wildman–Crippen LogP) is 4.42. The number of hydrogen-bond acceptors (Lipinski definition) is 6. The summed E-state index contributed by atoms with van der Waals surface area (Å²) in [6.07, 6.45) is 5.80. The van der Waals surface area contributed by atoms with Gasteiger partial charge < -0.3 is 23.8 Å². The lowest BCUT2D eigenvalue weighted by molar-refractivity contribution is 0.0297. The summed E-state index contributed by atoms with van der Waals surface area (Å²) in [7, 11) is 6.54. The zero-order valence-corrected chi connectivity index (χ0v) is 17.4. The Hall–Kier alpha value is -2.47. The van der Waals surface area contributed by atoms with E-state index in [0.717, 1.165) is 35.4 Å². The Labute approximate surface area is 166 Å². The molecule has 0 aromatic heterocycles. The van der Waals surface area contributed by atoms with Gasteiger partial charge in [-0.05, 0) is 35.8 Å². The molecule has 1 aliphatic heterocycles. The normalized spacial score (nSPS) is 27.6. The van der Waals surface area contributed by atoms with Crippen LogP contribution in [0, 0.1) is 5.92 Å². The third-order valence-corrected chi connectivity index (χ3v) is 5.54. The first-order valence-corrected chi connectivity index (χ1v) is 9.53. The summed E-state index contributed by atoms with van der Waals surface area (Å²) < 4.78 is 23.3. The Morgan fingerprint density at radius 2 is 1.86 bits per heavy atom. The highest BCUT2D eigenvalue weighted by Crippen LogP contribution is 2.52. The van der Waals surface area contributed by atoms with Crippen LogP contribution in [0.15, 0.2) is 46.8 Å². The number of methoxy groups -OCH3 is 3. The summed E-state index contributed by atoms with van der Waals surface area (Å²) in [4.78, 5) is 5.04. The largest absolute Gasteiger partial charge is 0.493 e. The lowest BCUT2D eigenvalue weighted by Gasteiger charge is -2.32. The van der Waals surface area contributed by atoms with Gasteiger partial charge in [0, 0.05) is 19.1 Å². The van der Waals surface area contributed by atoms with Gasteiger partial charge in [0.1, 0.15) is 30.3 Å². The quantitative estimate of drug-likeness (QED) is 0.648. The fraction of sp³-hybridized carbons (Fsp3) is 0.500. The van der Waals surface area contributed by atoms with Crippen molar-refractivity contribution in [3.8, 4) is 11.5 Å². The highest BCUT2D eigenvalue weighted by atomic mass is 16.6. The van der Waals surface area contributed by atoms with E-state index in [1.54, 1.807) is 28.4 Å². The summed E-state index contributed by atoms with van der Waals surface area (Å²) in [6, 6.07) is 5.86. The highest BCUT2D eigenvalue weighted by Gasteiger charge is 2.53. The summed E-state index contributed by atoms with van der Waals surface area (Å²) in [5.41, 5.74) is 2.27. The van der Waals surface area contributed by atoms with Crippen LogP contribution in [0.5, 0.6) is 11.5 Å². The number of benzene rings is 1. The standard InChI is InChI=1S/C22H29NO5/c1-7-8-16-13-22(26-5)14(2)21(28-20(22)12-17(16)23-27-6)15-9-10-18(24-3)19(11-15)25-4/h9-14,21H,7-8H2,1-6H3/b23-17-/t14-,21-,22-/m0/s1. The molecular weight excluding hydrogens is 358 g/mol. The Bertz CT molecular complexity index is 813. The van der Waals surface area contributed by atoms with E-state index >= 15 is 0 Å². The Balaban J connectivity index is 2.04. The molecule has 6 nitrogen and oxygen atoms in total. The molecular formula is C22H29NO5. The van der Waals surface area contributed by atoms with Gasteiger partial charge in [-0.2, -0.15) is 0 Å². The molecule has 3 atom stereocenters. The molecule has 28 heavy (non-hydrogen) atoms. The van der Waals surface area contributed by atoms with E-state index in [2.05, 4.69) is 25.1 Å². The first kappa shape index (κ1) is 20.3. The fourth-order valence-corrected chi connectivity index (χ4v) is 4.06. The molecule has 0 unspecified atom stereocenters. The molecule has 0 spiro atoms. The Kier molecular flexibility index (Phi) is 5.98. The lowest BCUT2D eigenvalue weighted by atomic mass is 9.78. The average molecular weight is 387 g/mol. The van der Waals surface area contributed by atoms with E-state index in [0.29, 0.717) is 11.5 Å². The van der Waals surface area contributed by atoms with Crippen molar-refractivity contribution in [3.05, 3.63) is 47.2 Å². The third kappa shape index (κ3) is 3.26. The molecule has 6 heteroatoms. The second kappa shape index (κ2) is 8.27. The minimum atomic E-state index is -0.630. The Morgan fingerprint density at radius 1 is 1.11 bits per heavy atom. The van der Waals surface area contributed by atoms with Crippen molar-refractivity contribution in [2.45, 2.75) is 38.4 Å². The van der Waals surface area contributed by atoms with Gasteiger partial charge in [-0.25, -0.2) is 0 Å². The number of rotatable bonds is 7. The molecule has 0 bridgehead atoms. The number of nitrogens with zero attached hydrogens (tertiary/aromatic N) is 1. The fourth-order valence-electron chi connectivity index (χ4n) is 4.06. The van der Waals surface area contributed by atoms with Crippen molar-refractivity contribution in [3.63, 3.8) is 0 Å². The first-order valence-electron chi connectivity index (χ1n) is 9.53. The summed E-state index contributed by atoms with van der Waals surface area (Å²) >= 11 is 0. The molecule has 1 aromatic rings. The monoisotopic (exact) mass is 387 g/mol. The van der Waals surface area contributed by atoms with E-state index in [4.69, 9.17) is 23.8 Å². The molecule has 0 radical (unpaired) electrons. The van der Waals surface area contributed by atoms with Crippen molar-refractivity contribution >= 4 is 5.71 Å². The van der Waals surface area contributed by atoms with Crippen LogP contribution in [0.3, 0.4) is 0 Å². The van der Waals surface area contributed by atoms with E-state index in [1.807, 2.05) is 24.3 Å². The van der Waals surface area contributed by atoms with Crippen LogP contribution in [-0.2, 0) is 14.3 Å². The second-order valence-electron chi connectivity index (χ2n) is 7.03. The van der Waals surface area contributed by atoms with E-state index in [1.165, 1.54) is 0 Å². The van der Waals surface area contributed by atoms with Crippen molar-refractivity contribution in [2.75, 3.05) is 28.4 Å². The molecule has 1 saturated heterocycles. The molecule has 0 saturated carbocycles.